The van der Waals surface area contributed by atoms with Gasteiger partial charge in [-0.15, -0.1) is 22.7 Å². The summed E-state index contributed by atoms with van der Waals surface area (Å²) in [6.07, 6.45) is 0. The molecule has 8 aromatic carbocycles. The Bertz CT molecular complexity index is 3120. The molecule has 262 valence electrons. The molecule has 56 heavy (non-hydrogen) atoms. The summed E-state index contributed by atoms with van der Waals surface area (Å²) in [7, 11) is 0. The third-order valence-corrected chi connectivity index (χ3v) is 13.0. The van der Waals surface area contributed by atoms with Crippen molar-refractivity contribution < 1.29 is 0 Å². The zero-order valence-electron chi connectivity index (χ0n) is 30.1. The predicted molar refractivity (Wildman–Crippen MR) is 238 cm³/mol. The number of thiophene rings is 2. The van der Waals surface area contributed by atoms with Crippen LogP contribution in [0.5, 0.6) is 0 Å². The molecule has 0 atom stereocenters. The van der Waals surface area contributed by atoms with Crippen LogP contribution in [-0.2, 0) is 0 Å². The van der Waals surface area contributed by atoms with E-state index in [1.807, 2.05) is 0 Å². The number of benzene rings is 8. The standard InChI is InChI=1S/C51H31N3S2/c1-3-15-32(16-4-1)34-19-11-20-35(31-34)36-23-12-26-41(46(36)33-17-5-2-6-18-33)49-52-50(42-27-13-24-39-37-21-7-9-29-44(37)55-47(39)42)54-51(53-49)43-28-14-25-40-38-22-8-10-30-45(38)56-48(40)43/h1-31H. The highest BCUT2D eigenvalue weighted by Crippen LogP contribution is 2.44. The highest BCUT2D eigenvalue weighted by Gasteiger charge is 2.22. The van der Waals surface area contributed by atoms with E-state index in [1.165, 1.54) is 51.5 Å². The first-order valence-corrected chi connectivity index (χ1v) is 20.3. The molecule has 0 radical (unpaired) electrons. The van der Waals surface area contributed by atoms with Crippen molar-refractivity contribution in [3.05, 3.63) is 188 Å². The lowest BCUT2D eigenvalue weighted by molar-refractivity contribution is 1.08. The fourth-order valence-electron chi connectivity index (χ4n) is 7.98. The summed E-state index contributed by atoms with van der Waals surface area (Å²) in [6.45, 7) is 0. The number of fused-ring (bicyclic) bond motifs is 6. The number of aromatic nitrogens is 3. The topological polar surface area (TPSA) is 38.7 Å². The number of rotatable bonds is 6. The van der Waals surface area contributed by atoms with Gasteiger partial charge in [0.05, 0.1) is 0 Å². The van der Waals surface area contributed by atoms with E-state index in [0.717, 1.165) is 38.9 Å². The highest BCUT2D eigenvalue weighted by atomic mass is 32.1. The molecular formula is C51H31N3S2. The fraction of sp³-hybridized carbons (Fsp3) is 0. The lowest BCUT2D eigenvalue weighted by atomic mass is 9.89. The molecule has 3 aromatic heterocycles. The van der Waals surface area contributed by atoms with Crippen molar-refractivity contribution in [2.75, 3.05) is 0 Å². The van der Waals surface area contributed by atoms with Gasteiger partial charge in [0.15, 0.2) is 17.5 Å². The van der Waals surface area contributed by atoms with Crippen LogP contribution in [0.25, 0.3) is 108 Å². The lowest BCUT2D eigenvalue weighted by Gasteiger charge is -2.17. The van der Waals surface area contributed by atoms with Crippen LogP contribution in [0, 0.1) is 0 Å². The Balaban J connectivity index is 1.19. The normalized spacial score (nSPS) is 11.6. The molecular weight excluding hydrogens is 719 g/mol. The van der Waals surface area contributed by atoms with Crippen molar-refractivity contribution in [2.45, 2.75) is 0 Å². The molecule has 0 aliphatic carbocycles. The minimum Gasteiger partial charge on any atom is -0.208 e. The van der Waals surface area contributed by atoms with Gasteiger partial charge in [0.1, 0.15) is 0 Å². The second-order valence-electron chi connectivity index (χ2n) is 13.9. The lowest BCUT2D eigenvalue weighted by Crippen LogP contribution is -2.02. The maximum atomic E-state index is 5.42. The highest BCUT2D eigenvalue weighted by molar-refractivity contribution is 7.26. The summed E-state index contributed by atoms with van der Waals surface area (Å²) in [4.78, 5) is 16.2. The minimum absolute atomic E-state index is 0.640. The van der Waals surface area contributed by atoms with Crippen molar-refractivity contribution in [1.82, 2.24) is 15.0 Å². The van der Waals surface area contributed by atoms with Crippen LogP contribution in [0.3, 0.4) is 0 Å². The Kier molecular flexibility index (Phi) is 7.87. The smallest absolute Gasteiger partial charge is 0.165 e. The molecule has 11 rings (SSSR count). The average molecular weight is 750 g/mol. The van der Waals surface area contributed by atoms with Gasteiger partial charge >= 0.3 is 0 Å². The number of hydrogen-bond donors (Lipinski definition) is 0. The molecule has 0 saturated carbocycles. The van der Waals surface area contributed by atoms with E-state index < -0.39 is 0 Å². The summed E-state index contributed by atoms with van der Waals surface area (Å²) in [6, 6.07) is 66.7. The molecule has 0 bridgehead atoms. The number of hydrogen-bond acceptors (Lipinski definition) is 5. The Labute approximate surface area is 331 Å². The van der Waals surface area contributed by atoms with Crippen LogP contribution < -0.4 is 0 Å². The Morgan fingerprint density at radius 2 is 0.696 bits per heavy atom. The molecule has 0 amide bonds. The van der Waals surface area contributed by atoms with E-state index in [0.29, 0.717) is 17.5 Å². The largest absolute Gasteiger partial charge is 0.208 e. The van der Waals surface area contributed by atoms with Crippen LogP contribution in [0.1, 0.15) is 0 Å². The monoisotopic (exact) mass is 749 g/mol. The van der Waals surface area contributed by atoms with Gasteiger partial charge in [-0.05, 0) is 58.1 Å². The second-order valence-corrected chi connectivity index (χ2v) is 16.0. The van der Waals surface area contributed by atoms with Crippen LogP contribution in [0.15, 0.2) is 188 Å². The Hall–Kier alpha value is -6.79. The zero-order valence-corrected chi connectivity index (χ0v) is 31.7. The van der Waals surface area contributed by atoms with E-state index in [1.54, 1.807) is 22.7 Å². The van der Waals surface area contributed by atoms with Crippen LogP contribution >= 0.6 is 22.7 Å². The second kappa shape index (κ2) is 13.5. The molecule has 5 heteroatoms. The van der Waals surface area contributed by atoms with Gasteiger partial charge in [0.2, 0.25) is 0 Å². The summed E-state index contributed by atoms with van der Waals surface area (Å²) in [5, 5.41) is 4.92. The van der Waals surface area contributed by atoms with E-state index in [2.05, 4.69) is 188 Å². The third kappa shape index (κ3) is 5.51. The summed E-state index contributed by atoms with van der Waals surface area (Å²) in [5.74, 6) is 1.97. The van der Waals surface area contributed by atoms with Crippen molar-refractivity contribution in [3.63, 3.8) is 0 Å². The molecule has 11 aromatic rings. The Morgan fingerprint density at radius 3 is 1.30 bits per heavy atom. The summed E-state index contributed by atoms with van der Waals surface area (Å²) >= 11 is 3.59. The summed E-state index contributed by atoms with van der Waals surface area (Å²) in [5.41, 5.74) is 9.76. The molecule has 0 N–H and O–H groups in total. The quantitative estimate of drug-likeness (QED) is 0.170. The molecule has 3 nitrogen and oxygen atoms in total. The van der Waals surface area contributed by atoms with Gasteiger partial charge < -0.3 is 0 Å². The number of nitrogens with zero attached hydrogens (tertiary/aromatic N) is 3. The van der Waals surface area contributed by atoms with E-state index in [-0.39, 0.29) is 0 Å². The molecule has 0 aliphatic rings. The van der Waals surface area contributed by atoms with Gasteiger partial charge in [-0.1, -0.05) is 158 Å². The molecule has 0 aliphatic heterocycles. The first kappa shape index (κ1) is 32.6. The van der Waals surface area contributed by atoms with Crippen molar-refractivity contribution >= 4 is 63.0 Å². The van der Waals surface area contributed by atoms with E-state index >= 15 is 0 Å². The maximum absolute atomic E-state index is 5.42. The van der Waals surface area contributed by atoms with Gasteiger partial charge in [0.25, 0.3) is 0 Å². The van der Waals surface area contributed by atoms with Crippen molar-refractivity contribution in [3.8, 4) is 67.5 Å². The van der Waals surface area contributed by atoms with Crippen molar-refractivity contribution in [1.29, 1.82) is 0 Å². The van der Waals surface area contributed by atoms with Gasteiger partial charge in [-0.25, -0.2) is 15.0 Å². The summed E-state index contributed by atoms with van der Waals surface area (Å²) < 4.78 is 4.84. The third-order valence-electron chi connectivity index (χ3n) is 10.6. The van der Waals surface area contributed by atoms with E-state index in [4.69, 9.17) is 15.0 Å². The van der Waals surface area contributed by atoms with Crippen LogP contribution in [-0.4, -0.2) is 15.0 Å². The van der Waals surface area contributed by atoms with Crippen LogP contribution in [0.4, 0.5) is 0 Å². The maximum Gasteiger partial charge on any atom is 0.165 e. The fourth-order valence-corrected chi connectivity index (χ4v) is 10.4. The molecule has 0 saturated heterocycles. The van der Waals surface area contributed by atoms with Gasteiger partial charge in [-0.2, -0.15) is 0 Å². The zero-order chi connectivity index (χ0) is 37.0. The van der Waals surface area contributed by atoms with Crippen molar-refractivity contribution in [2.24, 2.45) is 0 Å². The van der Waals surface area contributed by atoms with E-state index in [9.17, 15) is 0 Å². The average Bonchev–Trinajstić information content (AvgIpc) is 3.85. The first-order chi connectivity index (χ1) is 27.8. The predicted octanol–water partition coefficient (Wildman–Crippen LogP) is 14.6. The molecule has 0 unspecified atom stereocenters. The molecule has 3 heterocycles. The first-order valence-electron chi connectivity index (χ1n) is 18.7. The van der Waals surface area contributed by atoms with Gasteiger partial charge in [0, 0.05) is 62.6 Å². The van der Waals surface area contributed by atoms with Gasteiger partial charge in [-0.3, -0.25) is 0 Å². The minimum atomic E-state index is 0.640. The Morgan fingerprint density at radius 1 is 0.286 bits per heavy atom. The van der Waals surface area contributed by atoms with Crippen LogP contribution in [0.2, 0.25) is 0 Å². The SMILES string of the molecule is c1ccc(-c2cccc(-c3cccc(-c4nc(-c5cccc6c5sc5ccccc56)nc(-c5cccc6c5sc5ccccc56)n4)c3-c3ccccc3)c2)cc1. The molecule has 0 fully saturated rings. The molecule has 0 spiro atoms.